The minimum atomic E-state index is -0.485. The summed E-state index contributed by atoms with van der Waals surface area (Å²) in [6, 6.07) is 11.2. The van der Waals surface area contributed by atoms with Gasteiger partial charge in [-0.25, -0.2) is 0 Å². The molecule has 0 aliphatic rings. The Bertz CT molecular complexity index is 620. The van der Waals surface area contributed by atoms with Gasteiger partial charge in [0.1, 0.15) is 0 Å². The van der Waals surface area contributed by atoms with Crippen LogP contribution in [0.1, 0.15) is 26.3 Å². The number of nitrogens with zero attached hydrogens (tertiary/aromatic N) is 2. The van der Waals surface area contributed by atoms with Crippen molar-refractivity contribution in [1.82, 2.24) is 4.98 Å². The molecule has 0 aliphatic carbocycles. The van der Waals surface area contributed by atoms with E-state index in [0.29, 0.717) is 11.6 Å². The Morgan fingerprint density at radius 1 is 1.19 bits per heavy atom. The average Bonchev–Trinajstić information content (AvgIpc) is 2.45. The zero-order valence-corrected chi connectivity index (χ0v) is 13.3. The highest BCUT2D eigenvalue weighted by atomic mass is 35.5. The maximum atomic E-state index is 12.8. The fourth-order valence-electron chi connectivity index (χ4n) is 2.02. The van der Waals surface area contributed by atoms with E-state index >= 15 is 0 Å². The lowest BCUT2D eigenvalue weighted by molar-refractivity contribution is -0.125. The molecule has 0 atom stereocenters. The SMILES string of the molecule is CC(C)(C)C(=O)N(Cc1cccnc1)c1ccccc1Cl. The van der Waals surface area contributed by atoms with Crippen LogP contribution in [0.5, 0.6) is 0 Å². The number of amides is 1. The molecule has 0 saturated carbocycles. The Balaban J connectivity index is 2.40. The van der Waals surface area contributed by atoms with E-state index in [1.807, 2.05) is 51.1 Å². The van der Waals surface area contributed by atoms with Crippen LogP contribution in [-0.4, -0.2) is 10.9 Å². The zero-order valence-electron chi connectivity index (χ0n) is 12.5. The molecule has 1 aromatic heterocycles. The van der Waals surface area contributed by atoms with E-state index in [1.165, 1.54) is 0 Å². The maximum absolute atomic E-state index is 12.8. The van der Waals surface area contributed by atoms with Crippen molar-refractivity contribution >= 4 is 23.2 Å². The van der Waals surface area contributed by atoms with Crippen molar-refractivity contribution in [2.45, 2.75) is 27.3 Å². The van der Waals surface area contributed by atoms with Crippen molar-refractivity contribution in [1.29, 1.82) is 0 Å². The molecule has 21 heavy (non-hydrogen) atoms. The second-order valence-corrected chi connectivity index (χ2v) is 6.36. The zero-order chi connectivity index (χ0) is 15.5. The monoisotopic (exact) mass is 302 g/mol. The van der Waals surface area contributed by atoms with E-state index in [4.69, 9.17) is 11.6 Å². The van der Waals surface area contributed by atoms with Gasteiger partial charge in [-0.1, -0.05) is 50.6 Å². The van der Waals surface area contributed by atoms with Gasteiger partial charge >= 0.3 is 0 Å². The minimum absolute atomic E-state index is 0.0273. The lowest BCUT2D eigenvalue weighted by Crippen LogP contribution is -2.39. The van der Waals surface area contributed by atoms with Crippen molar-refractivity contribution in [2.75, 3.05) is 4.90 Å². The Morgan fingerprint density at radius 2 is 1.90 bits per heavy atom. The van der Waals surface area contributed by atoms with Crippen molar-refractivity contribution in [3.05, 3.63) is 59.4 Å². The summed E-state index contributed by atoms with van der Waals surface area (Å²) in [5, 5.41) is 0.569. The maximum Gasteiger partial charge on any atom is 0.232 e. The molecule has 2 aromatic rings. The summed E-state index contributed by atoms with van der Waals surface area (Å²) in [6.45, 7) is 6.17. The Morgan fingerprint density at radius 3 is 2.48 bits per heavy atom. The van der Waals surface area contributed by atoms with Gasteiger partial charge in [-0.05, 0) is 23.8 Å². The van der Waals surface area contributed by atoms with Gasteiger partial charge in [0.2, 0.25) is 5.91 Å². The summed E-state index contributed by atoms with van der Waals surface area (Å²) in [5.74, 6) is 0.0273. The highest BCUT2D eigenvalue weighted by Gasteiger charge is 2.29. The van der Waals surface area contributed by atoms with E-state index in [0.717, 1.165) is 11.3 Å². The molecule has 2 rings (SSSR count). The molecule has 1 heterocycles. The van der Waals surface area contributed by atoms with E-state index in [9.17, 15) is 4.79 Å². The summed E-state index contributed by atoms with van der Waals surface area (Å²) >= 11 is 6.27. The molecule has 0 unspecified atom stereocenters. The summed E-state index contributed by atoms with van der Waals surface area (Å²) in [4.78, 5) is 18.6. The first-order valence-corrected chi connectivity index (χ1v) is 7.23. The Hall–Kier alpha value is -1.87. The van der Waals surface area contributed by atoms with Crippen LogP contribution in [0, 0.1) is 5.41 Å². The van der Waals surface area contributed by atoms with Gasteiger partial charge in [-0.2, -0.15) is 0 Å². The fraction of sp³-hybridized carbons (Fsp3) is 0.294. The number of hydrogen-bond acceptors (Lipinski definition) is 2. The van der Waals surface area contributed by atoms with E-state index in [1.54, 1.807) is 23.4 Å². The molecular formula is C17H19ClN2O. The number of carbonyl (C=O) groups is 1. The molecule has 110 valence electrons. The van der Waals surface area contributed by atoms with Crippen LogP contribution in [0.15, 0.2) is 48.8 Å². The first kappa shape index (κ1) is 15.5. The predicted molar refractivity (Wildman–Crippen MR) is 86.3 cm³/mol. The van der Waals surface area contributed by atoms with Crippen LogP contribution in [0.4, 0.5) is 5.69 Å². The number of pyridine rings is 1. The number of benzene rings is 1. The molecule has 0 saturated heterocycles. The lowest BCUT2D eigenvalue weighted by atomic mass is 9.94. The fourth-order valence-corrected chi connectivity index (χ4v) is 2.25. The standard InChI is InChI=1S/C17H19ClN2O/c1-17(2,3)16(21)20(12-13-7-6-10-19-11-13)15-9-5-4-8-14(15)18/h4-11H,12H2,1-3H3. The van der Waals surface area contributed by atoms with Crippen LogP contribution in [-0.2, 0) is 11.3 Å². The summed E-state index contributed by atoms with van der Waals surface area (Å²) in [7, 11) is 0. The van der Waals surface area contributed by atoms with Crippen LogP contribution < -0.4 is 4.90 Å². The number of aromatic nitrogens is 1. The first-order valence-electron chi connectivity index (χ1n) is 6.85. The number of para-hydroxylation sites is 1. The van der Waals surface area contributed by atoms with E-state index < -0.39 is 5.41 Å². The Kier molecular flexibility index (Phi) is 4.63. The third-order valence-corrected chi connectivity index (χ3v) is 3.41. The van der Waals surface area contributed by atoms with Gasteiger partial charge in [-0.3, -0.25) is 9.78 Å². The normalized spacial score (nSPS) is 11.2. The first-order chi connectivity index (χ1) is 9.89. The van der Waals surface area contributed by atoms with E-state index in [2.05, 4.69) is 4.98 Å². The lowest BCUT2D eigenvalue weighted by Gasteiger charge is -2.30. The van der Waals surface area contributed by atoms with Crippen LogP contribution >= 0.6 is 11.6 Å². The third kappa shape index (κ3) is 3.82. The predicted octanol–water partition coefficient (Wildman–Crippen LogP) is 4.31. The molecule has 4 heteroatoms. The van der Waals surface area contributed by atoms with Crippen molar-refractivity contribution in [2.24, 2.45) is 5.41 Å². The number of carbonyl (C=O) groups excluding carboxylic acids is 1. The van der Waals surface area contributed by atoms with E-state index in [-0.39, 0.29) is 5.91 Å². The molecule has 1 aromatic carbocycles. The van der Waals surface area contributed by atoms with Gasteiger partial charge in [-0.15, -0.1) is 0 Å². The second-order valence-electron chi connectivity index (χ2n) is 5.95. The van der Waals surface area contributed by atoms with Gasteiger partial charge in [0.25, 0.3) is 0 Å². The smallest absolute Gasteiger partial charge is 0.232 e. The summed E-state index contributed by atoms with van der Waals surface area (Å²) in [5.41, 5.74) is 1.21. The molecule has 0 spiro atoms. The van der Waals surface area contributed by atoms with Gasteiger partial charge in [0, 0.05) is 17.8 Å². The summed E-state index contributed by atoms with van der Waals surface area (Å²) < 4.78 is 0. The largest absolute Gasteiger partial charge is 0.306 e. The van der Waals surface area contributed by atoms with Crippen molar-refractivity contribution < 1.29 is 4.79 Å². The second kappa shape index (κ2) is 6.27. The summed E-state index contributed by atoms with van der Waals surface area (Å²) in [6.07, 6.45) is 3.48. The topological polar surface area (TPSA) is 33.2 Å². The van der Waals surface area contributed by atoms with Crippen molar-refractivity contribution in [3.63, 3.8) is 0 Å². The molecule has 0 aliphatic heterocycles. The highest BCUT2D eigenvalue weighted by molar-refractivity contribution is 6.33. The molecule has 1 amide bonds. The van der Waals surface area contributed by atoms with Crippen LogP contribution in [0.2, 0.25) is 5.02 Å². The highest BCUT2D eigenvalue weighted by Crippen LogP contribution is 2.30. The third-order valence-electron chi connectivity index (χ3n) is 3.09. The molecule has 0 fully saturated rings. The Labute approximate surface area is 130 Å². The quantitative estimate of drug-likeness (QED) is 0.846. The number of hydrogen-bond donors (Lipinski definition) is 0. The van der Waals surface area contributed by atoms with Gasteiger partial charge < -0.3 is 4.90 Å². The molecular weight excluding hydrogens is 284 g/mol. The number of rotatable bonds is 3. The molecule has 0 N–H and O–H groups in total. The molecule has 0 radical (unpaired) electrons. The minimum Gasteiger partial charge on any atom is -0.306 e. The van der Waals surface area contributed by atoms with Crippen LogP contribution in [0.25, 0.3) is 0 Å². The van der Waals surface area contributed by atoms with Crippen molar-refractivity contribution in [3.8, 4) is 0 Å². The number of anilines is 1. The molecule has 0 bridgehead atoms. The number of halogens is 1. The molecule has 3 nitrogen and oxygen atoms in total. The van der Waals surface area contributed by atoms with Crippen LogP contribution in [0.3, 0.4) is 0 Å². The van der Waals surface area contributed by atoms with Gasteiger partial charge in [0.15, 0.2) is 0 Å². The van der Waals surface area contributed by atoms with Gasteiger partial charge in [0.05, 0.1) is 17.3 Å². The average molecular weight is 303 g/mol.